The van der Waals surface area contributed by atoms with Crippen LogP contribution < -0.4 is 5.32 Å². The number of anilines is 1. The van der Waals surface area contributed by atoms with Crippen molar-refractivity contribution >= 4 is 17.7 Å². The first-order valence-corrected chi connectivity index (χ1v) is 9.68. The largest absolute Gasteiger partial charge is 0.346 e. The average Bonchev–Trinajstić information content (AvgIpc) is 2.95. The maximum atomic E-state index is 12.5. The van der Waals surface area contributed by atoms with Gasteiger partial charge >= 0.3 is 0 Å². The second-order valence-corrected chi connectivity index (χ2v) is 7.48. The van der Waals surface area contributed by atoms with Gasteiger partial charge in [0.25, 0.3) is 5.91 Å². The summed E-state index contributed by atoms with van der Waals surface area (Å²) in [6, 6.07) is 12.2. The molecule has 1 aliphatic carbocycles. The number of carbonyl (C=O) groups excluding carboxylic acids is 1. The third-order valence-corrected chi connectivity index (χ3v) is 5.44. The van der Waals surface area contributed by atoms with E-state index in [0.29, 0.717) is 11.7 Å². The minimum absolute atomic E-state index is 0.125. The normalized spacial score (nSPS) is 15.4. The van der Waals surface area contributed by atoms with Crippen LogP contribution in [0.15, 0.2) is 35.9 Å². The van der Waals surface area contributed by atoms with Crippen molar-refractivity contribution in [2.24, 2.45) is 0 Å². The highest BCUT2D eigenvalue weighted by Gasteiger charge is 2.20. The third kappa shape index (κ3) is 4.31. The summed E-state index contributed by atoms with van der Waals surface area (Å²) in [5, 5.41) is 12.3. The van der Waals surface area contributed by atoms with Gasteiger partial charge in [-0.25, -0.2) is 0 Å². The zero-order valence-corrected chi connectivity index (χ0v) is 16.4. The van der Waals surface area contributed by atoms with Crippen LogP contribution in [0.1, 0.15) is 60.7 Å². The molecule has 0 spiro atoms. The van der Waals surface area contributed by atoms with E-state index >= 15 is 0 Å². The maximum Gasteiger partial charge on any atom is 0.266 e. The van der Waals surface area contributed by atoms with Gasteiger partial charge in [0.15, 0.2) is 0 Å². The third-order valence-electron chi connectivity index (χ3n) is 5.44. The summed E-state index contributed by atoms with van der Waals surface area (Å²) in [5.41, 5.74) is 5.23. The first kappa shape index (κ1) is 19.0. The molecule has 1 N–H and O–H groups in total. The zero-order chi connectivity index (χ0) is 19.4. The van der Waals surface area contributed by atoms with Crippen LogP contribution in [0.3, 0.4) is 0 Å². The van der Waals surface area contributed by atoms with Crippen molar-refractivity contribution in [2.45, 2.75) is 58.9 Å². The van der Waals surface area contributed by atoms with Crippen molar-refractivity contribution in [2.75, 3.05) is 5.32 Å². The number of carbonyl (C=O) groups is 1. The van der Waals surface area contributed by atoms with Gasteiger partial charge in [-0.15, -0.1) is 0 Å². The zero-order valence-electron chi connectivity index (χ0n) is 16.4. The van der Waals surface area contributed by atoms with E-state index in [2.05, 4.69) is 35.9 Å². The van der Waals surface area contributed by atoms with Gasteiger partial charge < -0.3 is 9.88 Å². The molecule has 0 atom stereocenters. The summed E-state index contributed by atoms with van der Waals surface area (Å²) in [4.78, 5) is 12.5. The molecule has 1 amide bonds. The summed E-state index contributed by atoms with van der Waals surface area (Å²) in [7, 11) is 0. The lowest BCUT2D eigenvalue weighted by atomic mass is 9.95. The van der Waals surface area contributed by atoms with Crippen molar-refractivity contribution in [3.8, 4) is 6.07 Å². The van der Waals surface area contributed by atoms with Crippen LogP contribution in [0.4, 0.5) is 5.69 Å². The highest BCUT2D eigenvalue weighted by atomic mass is 16.1. The highest BCUT2D eigenvalue weighted by molar-refractivity contribution is 6.09. The van der Waals surface area contributed by atoms with E-state index in [9.17, 15) is 10.1 Å². The molecule has 1 aromatic heterocycles. The summed E-state index contributed by atoms with van der Waals surface area (Å²) in [5.74, 6) is -0.371. The number of rotatable bonds is 4. The molecular weight excluding hydrogens is 334 g/mol. The average molecular weight is 361 g/mol. The number of nitrogens with one attached hydrogen (secondary N) is 1. The Labute approximate surface area is 161 Å². The van der Waals surface area contributed by atoms with Crippen molar-refractivity contribution in [1.29, 1.82) is 5.26 Å². The Hall–Kier alpha value is -2.80. The van der Waals surface area contributed by atoms with Crippen LogP contribution >= 0.6 is 0 Å². The van der Waals surface area contributed by atoms with E-state index in [1.807, 2.05) is 31.2 Å². The molecule has 1 saturated carbocycles. The molecule has 4 nitrogen and oxygen atoms in total. The number of amides is 1. The Kier molecular flexibility index (Phi) is 5.81. The van der Waals surface area contributed by atoms with Crippen LogP contribution in [0.2, 0.25) is 0 Å². The molecule has 0 bridgehead atoms. The number of nitriles is 1. The van der Waals surface area contributed by atoms with Crippen LogP contribution in [0.25, 0.3) is 6.08 Å². The number of benzene rings is 1. The van der Waals surface area contributed by atoms with Gasteiger partial charge in [0.2, 0.25) is 0 Å². The summed E-state index contributed by atoms with van der Waals surface area (Å²) in [6.07, 6.45) is 7.99. The second-order valence-electron chi connectivity index (χ2n) is 7.48. The number of hydrogen-bond acceptors (Lipinski definition) is 2. The number of nitrogens with zero attached hydrogens (tertiary/aromatic N) is 2. The number of aromatic nitrogens is 1. The molecule has 4 heteroatoms. The lowest BCUT2D eigenvalue weighted by Crippen LogP contribution is -2.15. The molecule has 3 rings (SSSR count). The lowest BCUT2D eigenvalue weighted by Gasteiger charge is -2.26. The molecule has 0 radical (unpaired) electrons. The first-order chi connectivity index (χ1) is 13.0. The molecule has 140 valence electrons. The molecule has 27 heavy (non-hydrogen) atoms. The van der Waals surface area contributed by atoms with Crippen LogP contribution in [0, 0.1) is 32.1 Å². The van der Waals surface area contributed by atoms with Gasteiger partial charge in [0.05, 0.1) is 0 Å². The monoisotopic (exact) mass is 361 g/mol. The molecule has 0 unspecified atom stereocenters. The molecule has 1 heterocycles. The van der Waals surface area contributed by atoms with Gasteiger partial charge in [-0.3, -0.25) is 4.79 Å². The van der Waals surface area contributed by atoms with Crippen LogP contribution in [0.5, 0.6) is 0 Å². The number of hydrogen-bond donors (Lipinski definition) is 1. The van der Waals surface area contributed by atoms with Crippen molar-refractivity contribution in [3.63, 3.8) is 0 Å². The smallest absolute Gasteiger partial charge is 0.266 e. The summed E-state index contributed by atoms with van der Waals surface area (Å²) < 4.78 is 2.39. The van der Waals surface area contributed by atoms with Gasteiger partial charge in [-0.05, 0) is 63.5 Å². The molecular formula is C23H27N3O. The van der Waals surface area contributed by atoms with Crippen LogP contribution in [-0.4, -0.2) is 10.5 Å². The Morgan fingerprint density at radius 1 is 1.15 bits per heavy atom. The minimum atomic E-state index is -0.371. The Morgan fingerprint density at radius 2 is 1.81 bits per heavy atom. The lowest BCUT2D eigenvalue weighted by molar-refractivity contribution is -0.112. The second kappa shape index (κ2) is 8.26. The van der Waals surface area contributed by atoms with Crippen LogP contribution in [-0.2, 0) is 4.79 Å². The molecule has 0 aliphatic heterocycles. The SMILES string of the molecule is Cc1ccc(NC(=O)C(C#N)=Cc2cc(C)n(C3CCCCC3)c2C)cc1. The van der Waals surface area contributed by atoms with Crippen molar-refractivity contribution in [3.05, 3.63) is 58.4 Å². The van der Waals surface area contributed by atoms with Gasteiger partial charge in [0.1, 0.15) is 11.6 Å². The van der Waals surface area contributed by atoms with E-state index in [-0.39, 0.29) is 11.5 Å². The maximum absolute atomic E-state index is 12.5. The summed E-state index contributed by atoms with van der Waals surface area (Å²) >= 11 is 0. The van der Waals surface area contributed by atoms with Gasteiger partial charge in [-0.2, -0.15) is 5.26 Å². The Bertz CT molecular complexity index is 891. The topological polar surface area (TPSA) is 57.8 Å². The minimum Gasteiger partial charge on any atom is -0.346 e. The quantitative estimate of drug-likeness (QED) is 0.580. The van der Waals surface area contributed by atoms with Gasteiger partial charge in [-0.1, -0.05) is 37.0 Å². The van der Waals surface area contributed by atoms with Crippen molar-refractivity contribution < 1.29 is 4.79 Å². The fraction of sp³-hybridized carbons (Fsp3) is 0.391. The van der Waals surface area contributed by atoms with E-state index in [1.54, 1.807) is 6.08 Å². The first-order valence-electron chi connectivity index (χ1n) is 9.68. The molecule has 1 aliphatic rings. The fourth-order valence-corrected chi connectivity index (χ4v) is 3.99. The van der Waals surface area contributed by atoms with E-state index in [4.69, 9.17) is 0 Å². The fourth-order valence-electron chi connectivity index (χ4n) is 3.99. The van der Waals surface area contributed by atoms with E-state index in [1.165, 1.54) is 37.8 Å². The molecule has 2 aromatic rings. The van der Waals surface area contributed by atoms with Crippen molar-refractivity contribution in [1.82, 2.24) is 4.57 Å². The number of aryl methyl sites for hydroxylation is 2. The standard InChI is InChI=1S/C23H27N3O/c1-16-9-11-21(12-10-16)25-23(27)20(15-24)14-19-13-17(2)26(18(19)3)22-7-5-4-6-8-22/h9-14,22H,4-8H2,1-3H3,(H,25,27). The van der Waals surface area contributed by atoms with E-state index < -0.39 is 0 Å². The predicted molar refractivity (Wildman–Crippen MR) is 109 cm³/mol. The molecule has 1 fully saturated rings. The Morgan fingerprint density at radius 3 is 2.44 bits per heavy atom. The summed E-state index contributed by atoms with van der Waals surface area (Å²) in [6.45, 7) is 6.19. The molecule has 1 aromatic carbocycles. The highest BCUT2D eigenvalue weighted by Crippen LogP contribution is 2.32. The predicted octanol–water partition coefficient (Wildman–Crippen LogP) is 5.46. The van der Waals surface area contributed by atoms with Gasteiger partial charge in [0, 0.05) is 23.1 Å². The van der Waals surface area contributed by atoms with E-state index in [0.717, 1.165) is 16.8 Å². The molecule has 0 saturated heterocycles. The Balaban J connectivity index is 1.84.